The Hall–Kier alpha value is -1.92. The molecule has 3 rings (SSSR count). The van der Waals surface area contributed by atoms with Crippen LogP contribution in [0, 0.1) is 0 Å². The molecular formula is C15H11BrN2O2S. The second kappa shape index (κ2) is 5.46. The second-order valence-electron chi connectivity index (χ2n) is 4.58. The molecule has 0 spiro atoms. The van der Waals surface area contributed by atoms with Crippen LogP contribution in [0.15, 0.2) is 56.5 Å². The van der Waals surface area contributed by atoms with Crippen LogP contribution >= 0.6 is 27.3 Å². The van der Waals surface area contributed by atoms with Crippen molar-refractivity contribution in [1.29, 1.82) is 0 Å². The van der Waals surface area contributed by atoms with E-state index in [0.29, 0.717) is 15.8 Å². The molecule has 0 unspecified atom stereocenters. The first-order chi connectivity index (χ1) is 10.1. The molecule has 0 radical (unpaired) electrons. The molecule has 0 bridgehead atoms. The summed E-state index contributed by atoms with van der Waals surface area (Å²) in [5.41, 5.74) is 6.94. The van der Waals surface area contributed by atoms with E-state index in [0.717, 1.165) is 21.4 Å². The Morgan fingerprint density at radius 2 is 1.86 bits per heavy atom. The first-order valence-corrected chi connectivity index (χ1v) is 7.84. The highest BCUT2D eigenvalue weighted by Crippen LogP contribution is 2.24. The van der Waals surface area contributed by atoms with Gasteiger partial charge in [-0.2, -0.15) is 0 Å². The van der Waals surface area contributed by atoms with E-state index >= 15 is 0 Å². The Balaban J connectivity index is 2.20. The Labute approximate surface area is 132 Å². The minimum atomic E-state index is -0.274. The highest BCUT2D eigenvalue weighted by Gasteiger charge is 2.10. The molecule has 0 atom stereocenters. The van der Waals surface area contributed by atoms with E-state index < -0.39 is 0 Å². The summed E-state index contributed by atoms with van der Waals surface area (Å²) < 4.78 is 2.66. The van der Waals surface area contributed by atoms with Gasteiger partial charge in [-0.1, -0.05) is 35.6 Å². The van der Waals surface area contributed by atoms with Gasteiger partial charge in [0.05, 0.1) is 11.9 Å². The van der Waals surface area contributed by atoms with Crippen LogP contribution in [0.5, 0.6) is 0 Å². The number of rotatable bonds is 2. The van der Waals surface area contributed by atoms with Gasteiger partial charge in [0.25, 0.3) is 5.56 Å². The van der Waals surface area contributed by atoms with Gasteiger partial charge in [-0.3, -0.25) is 14.2 Å². The molecule has 0 fully saturated rings. The third-order valence-electron chi connectivity index (χ3n) is 3.22. The lowest BCUT2D eigenvalue weighted by molar-refractivity contribution is 0.750. The summed E-state index contributed by atoms with van der Waals surface area (Å²) in [5.74, 6) is 0. The fourth-order valence-electron chi connectivity index (χ4n) is 2.14. The van der Waals surface area contributed by atoms with E-state index in [2.05, 4.69) is 15.9 Å². The molecule has 0 saturated heterocycles. The van der Waals surface area contributed by atoms with Crippen molar-refractivity contribution in [3.63, 3.8) is 0 Å². The predicted octanol–water partition coefficient (Wildman–Crippen LogP) is 2.82. The molecular weight excluding hydrogens is 352 g/mol. The Bertz CT molecular complexity index is 946. The summed E-state index contributed by atoms with van der Waals surface area (Å²) in [6.45, 7) is 0.199. The van der Waals surface area contributed by atoms with Crippen molar-refractivity contribution in [3.05, 3.63) is 72.5 Å². The summed E-state index contributed by atoms with van der Waals surface area (Å²) in [4.78, 5) is 24.4. The molecule has 3 aromatic rings. The van der Waals surface area contributed by atoms with Crippen molar-refractivity contribution in [2.75, 3.05) is 5.73 Å². The van der Waals surface area contributed by atoms with E-state index in [1.54, 1.807) is 30.3 Å². The summed E-state index contributed by atoms with van der Waals surface area (Å²) in [6, 6.07) is 12.5. The highest BCUT2D eigenvalue weighted by atomic mass is 79.9. The number of anilines is 1. The van der Waals surface area contributed by atoms with Gasteiger partial charge in [-0.05, 0) is 39.7 Å². The number of halogens is 1. The molecule has 0 aliphatic carbocycles. The zero-order valence-corrected chi connectivity index (χ0v) is 13.3. The fourth-order valence-corrected chi connectivity index (χ4v) is 3.39. The monoisotopic (exact) mass is 362 g/mol. The van der Waals surface area contributed by atoms with Gasteiger partial charge >= 0.3 is 4.87 Å². The average Bonchev–Trinajstić information content (AvgIpc) is 2.47. The van der Waals surface area contributed by atoms with Gasteiger partial charge in [0.1, 0.15) is 0 Å². The average molecular weight is 363 g/mol. The number of hydrogen-bond donors (Lipinski definition) is 1. The number of benzene rings is 2. The molecule has 0 saturated carbocycles. The lowest BCUT2D eigenvalue weighted by Gasteiger charge is -2.09. The second-order valence-corrected chi connectivity index (χ2v) is 6.36. The zero-order valence-electron chi connectivity index (χ0n) is 10.9. The third-order valence-corrected chi connectivity index (χ3v) is 5.16. The van der Waals surface area contributed by atoms with Gasteiger partial charge in [0.2, 0.25) is 0 Å². The van der Waals surface area contributed by atoms with Crippen LogP contribution in [0.2, 0.25) is 0 Å². The summed E-state index contributed by atoms with van der Waals surface area (Å²) in [6.07, 6.45) is 0. The Morgan fingerprint density at radius 3 is 2.67 bits per heavy atom. The predicted molar refractivity (Wildman–Crippen MR) is 90.0 cm³/mol. The number of nitrogens with zero attached hydrogens (tertiary/aromatic N) is 1. The molecule has 1 heterocycles. The van der Waals surface area contributed by atoms with Crippen molar-refractivity contribution < 1.29 is 0 Å². The van der Waals surface area contributed by atoms with Gasteiger partial charge < -0.3 is 5.73 Å². The van der Waals surface area contributed by atoms with Crippen LogP contribution in [-0.2, 0) is 6.54 Å². The molecule has 2 aromatic carbocycles. The summed E-state index contributed by atoms with van der Waals surface area (Å²) >= 11 is 4.47. The van der Waals surface area contributed by atoms with Crippen LogP contribution in [0.25, 0.3) is 10.1 Å². The van der Waals surface area contributed by atoms with E-state index in [4.69, 9.17) is 5.73 Å². The Morgan fingerprint density at radius 1 is 1.10 bits per heavy atom. The maximum absolute atomic E-state index is 12.5. The number of fused-ring (bicyclic) bond motifs is 1. The van der Waals surface area contributed by atoms with Crippen LogP contribution in [0.4, 0.5) is 5.69 Å². The van der Waals surface area contributed by atoms with Crippen LogP contribution < -0.4 is 16.2 Å². The standard InChI is InChI=1S/C15H11BrN2O2S/c16-13-9(4-3-6-11(13)17)8-18-14(19)10-5-1-2-7-12(10)21-15(18)20/h1-7H,8,17H2. The molecule has 21 heavy (non-hydrogen) atoms. The van der Waals surface area contributed by atoms with Crippen LogP contribution in [0.3, 0.4) is 0 Å². The molecule has 0 aliphatic heterocycles. The number of aromatic nitrogens is 1. The van der Waals surface area contributed by atoms with Crippen LogP contribution in [-0.4, -0.2) is 4.57 Å². The molecule has 0 amide bonds. The summed E-state index contributed by atoms with van der Waals surface area (Å²) in [7, 11) is 0. The number of hydrogen-bond acceptors (Lipinski definition) is 4. The van der Waals surface area contributed by atoms with E-state index in [1.165, 1.54) is 4.57 Å². The Kier molecular flexibility index (Phi) is 3.65. The van der Waals surface area contributed by atoms with Gasteiger partial charge in [-0.15, -0.1) is 0 Å². The normalized spacial score (nSPS) is 10.9. The van der Waals surface area contributed by atoms with Gasteiger partial charge in [0, 0.05) is 14.9 Å². The molecule has 1 aromatic heterocycles. The largest absolute Gasteiger partial charge is 0.398 e. The molecule has 4 nitrogen and oxygen atoms in total. The zero-order chi connectivity index (χ0) is 15.0. The summed E-state index contributed by atoms with van der Waals surface area (Å²) in [5, 5.41) is 0.558. The molecule has 106 valence electrons. The van der Waals surface area contributed by atoms with E-state index in [1.807, 2.05) is 12.1 Å². The van der Waals surface area contributed by atoms with Crippen molar-refractivity contribution >= 4 is 43.0 Å². The highest BCUT2D eigenvalue weighted by molar-refractivity contribution is 9.10. The quantitative estimate of drug-likeness (QED) is 0.712. The van der Waals surface area contributed by atoms with Crippen molar-refractivity contribution in [1.82, 2.24) is 4.57 Å². The maximum atomic E-state index is 12.5. The third kappa shape index (κ3) is 2.52. The van der Waals surface area contributed by atoms with E-state index in [-0.39, 0.29) is 17.0 Å². The molecule has 2 N–H and O–H groups in total. The smallest absolute Gasteiger partial charge is 0.310 e. The molecule has 6 heteroatoms. The number of nitrogens with two attached hydrogens (primary N) is 1. The van der Waals surface area contributed by atoms with Gasteiger partial charge in [0.15, 0.2) is 0 Å². The maximum Gasteiger partial charge on any atom is 0.310 e. The lowest BCUT2D eigenvalue weighted by atomic mass is 10.2. The first-order valence-electron chi connectivity index (χ1n) is 6.23. The number of nitrogen functional groups attached to an aromatic ring is 1. The minimum absolute atomic E-state index is 0.199. The van der Waals surface area contributed by atoms with Crippen molar-refractivity contribution in [3.8, 4) is 0 Å². The topological polar surface area (TPSA) is 65.1 Å². The van der Waals surface area contributed by atoms with Crippen molar-refractivity contribution in [2.45, 2.75) is 6.54 Å². The lowest BCUT2D eigenvalue weighted by Crippen LogP contribution is -2.31. The minimum Gasteiger partial charge on any atom is -0.398 e. The van der Waals surface area contributed by atoms with Crippen molar-refractivity contribution in [2.24, 2.45) is 0 Å². The first kappa shape index (κ1) is 14.0. The fraction of sp³-hybridized carbons (Fsp3) is 0.0667. The SMILES string of the molecule is Nc1cccc(Cn2c(=O)sc3ccccc3c2=O)c1Br. The van der Waals surface area contributed by atoms with Crippen LogP contribution in [0.1, 0.15) is 5.56 Å². The van der Waals surface area contributed by atoms with Gasteiger partial charge in [-0.25, -0.2) is 0 Å². The molecule has 0 aliphatic rings. The van der Waals surface area contributed by atoms with E-state index in [9.17, 15) is 9.59 Å².